The van der Waals surface area contributed by atoms with E-state index in [9.17, 15) is 0 Å². The summed E-state index contributed by atoms with van der Waals surface area (Å²) in [4.78, 5) is 10.3. The minimum atomic E-state index is 0.365. The Bertz CT molecular complexity index is 544. The van der Waals surface area contributed by atoms with Gasteiger partial charge in [-0.15, -0.1) is 11.3 Å². The van der Waals surface area contributed by atoms with Gasteiger partial charge in [-0.2, -0.15) is 0 Å². The highest BCUT2D eigenvalue weighted by atomic mass is 32.1. The van der Waals surface area contributed by atoms with E-state index in [0.717, 1.165) is 42.3 Å². The smallest absolute Gasteiger partial charge is 0.142 e. The average molecular weight is 292 g/mol. The lowest BCUT2D eigenvalue weighted by Crippen LogP contribution is -2.18. The molecule has 0 bridgehead atoms. The Morgan fingerprint density at radius 2 is 2.15 bits per heavy atom. The Morgan fingerprint density at radius 1 is 1.35 bits per heavy atom. The second-order valence-corrected chi connectivity index (χ2v) is 6.15. The normalized spacial score (nSPS) is 12.8. The van der Waals surface area contributed by atoms with E-state index >= 15 is 0 Å². The van der Waals surface area contributed by atoms with Crippen molar-refractivity contribution in [3.63, 3.8) is 0 Å². The summed E-state index contributed by atoms with van der Waals surface area (Å²) < 4.78 is 2.19. The Hall–Kier alpha value is -1.20. The standard InChI is InChI=1S/C15H24N4S/c1-5-7-17-11(3)14-12(4)18-15(20-14)13-9-16-10-19(13)8-6-2/h9-11,17H,5-8H2,1-4H3. The molecule has 20 heavy (non-hydrogen) atoms. The van der Waals surface area contributed by atoms with Gasteiger partial charge in [0.25, 0.3) is 0 Å². The number of aromatic nitrogens is 3. The summed E-state index contributed by atoms with van der Waals surface area (Å²) in [7, 11) is 0. The highest BCUT2D eigenvalue weighted by Gasteiger charge is 2.16. The predicted molar refractivity (Wildman–Crippen MR) is 85.1 cm³/mol. The zero-order valence-corrected chi connectivity index (χ0v) is 13.6. The molecule has 0 fully saturated rings. The third-order valence-electron chi connectivity index (χ3n) is 3.32. The zero-order valence-electron chi connectivity index (χ0n) is 12.8. The third-order valence-corrected chi connectivity index (χ3v) is 4.68. The van der Waals surface area contributed by atoms with Crippen LogP contribution >= 0.6 is 11.3 Å². The van der Waals surface area contributed by atoms with Crippen molar-refractivity contribution >= 4 is 11.3 Å². The molecule has 2 aromatic rings. The molecule has 5 heteroatoms. The summed E-state index contributed by atoms with van der Waals surface area (Å²) in [6.45, 7) is 10.7. The number of rotatable bonds is 7. The summed E-state index contributed by atoms with van der Waals surface area (Å²) >= 11 is 1.78. The average Bonchev–Trinajstić information content (AvgIpc) is 3.03. The van der Waals surface area contributed by atoms with Gasteiger partial charge in [-0.1, -0.05) is 13.8 Å². The van der Waals surface area contributed by atoms with Crippen LogP contribution in [0.4, 0.5) is 0 Å². The lowest BCUT2D eigenvalue weighted by molar-refractivity contribution is 0.575. The number of nitrogens with one attached hydrogen (secondary N) is 1. The van der Waals surface area contributed by atoms with Crippen LogP contribution in [0.15, 0.2) is 12.5 Å². The summed E-state index contributed by atoms with van der Waals surface area (Å²) in [6.07, 6.45) is 6.07. The lowest BCUT2D eigenvalue weighted by atomic mass is 10.2. The molecule has 110 valence electrons. The van der Waals surface area contributed by atoms with Crippen LogP contribution in [0, 0.1) is 6.92 Å². The van der Waals surface area contributed by atoms with E-state index in [1.165, 1.54) is 4.88 Å². The maximum absolute atomic E-state index is 4.74. The number of thiazole rings is 1. The van der Waals surface area contributed by atoms with Crippen LogP contribution in [0.25, 0.3) is 10.7 Å². The molecule has 1 N–H and O–H groups in total. The van der Waals surface area contributed by atoms with Crippen LogP contribution in [-0.4, -0.2) is 21.1 Å². The molecule has 2 aromatic heterocycles. The number of hydrogen-bond donors (Lipinski definition) is 1. The van der Waals surface area contributed by atoms with Gasteiger partial charge < -0.3 is 9.88 Å². The molecule has 2 rings (SSSR count). The molecule has 0 aliphatic carbocycles. The molecule has 0 amide bonds. The van der Waals surface area contributed by atoms with Crippen LogP contribution in [0.3, 0.4) is 0 Å². The number of nitrogens with zero attached hydrogens (tertiary/aromatic N) is 3. The molecular formula is C15H24N4S. The van der Waals surface area contributed by atoms with Gasteiger partial charge in [-0.05, 0) is 33.2 Å². The highest BCUT2D eigenvalue weighted by Crippen LogP contribution is 2.31. The van der Waals surface area contributed by atoms with Crippen LogP contribution in [0.1, 0.15) is 50.2 Å². The van der Waals surface area contributed by atoms with E-state index in [2.05, 4.69) is 42.6 Å². The third kappa shape index (κ3) is 3.27. The summed E-state index contributed by atoms with van der Waals surface area (Å²) in [5, 5.41) is 4.61. The largest absolute Gasteiger partial charge is 0.329 e. The minimum Gasteiger partial charge on any atom is -0.329 e. The van der Waals surface area contributed by atoms with Gasteiger partial charge in [-0.25, -0.2) is 9.97 Å². The van der Waals surface area contributed by atoms with Crippen molar-refractivity contribution in [3.05, 3.63) is 23.1 Å². The van der Waals surface area contributed by atoms with Gasteiger partial charge in [0.1, 0.15) is 5.01 Å². The monoisotopic (exact) mass is 292 g/mol. The first kappa shape index (κ1) is 15.2. The molecule has 1 atom stereocenters. The molecule has 0 aliphatic heterocycles. The first-order chi connectivity index (χ1) is 9.67. The van der Waals surface area contributed by atoms with Gasteiger partial charge in [-0.3, -0.25) is 0 Å². The van der Waals surface area contributed by atoms with Gasteiger partial charge >= 0.3 is 0 Å². The Morgan fingerprint density at radius 3 is 2.85 bits per heavy atom. The van der Waals surface area contributed by atoms with E-state index in [4.69, 9.17) is 4.98 Å². The first-order valence-electron chi connectivity index (χ1n) is 7.38. The Labute approximate surface area is 125 Å². The van der Waals surface area contributed by atoms with Crippen molar-refractivity contribution in [1.82, 2.24) is 19.9 Å². The fraction of sp³-hybridized carbons (Fsp3) is 0.600. The summed E-state index contributed by atoms with van der Waals surface area (Å²) in [5.74, 6) is 0. The molecule has 4 nitrogen and oxygen atoms in total. The maximum Gasteiger partial charge on any atom is 0.142 e. The van der Waals surface area contributed by atoms with Gasteiger partial charge in [0.05, 0.1) is 23.9 Å². The Kier molecular flexibility index (Phi) is 5.31. The van der Waals surface area contributed by atoms with Gasteiger partial charge in [0, 0.05) is 17.5 Å². The minimum absolute atomic E-state index is 0.365. The molecule has 0 aliphatic rings. The second-order valence-electron chi connectivity index (χ2n) is 5.12. The number of imidazole rings is 1. The molecule has 0 spiro atoms. The second kappa shape index (κ2) is 6.99. The van der Waals surface area contributed by atoms with E-state index < -0.39 is 0 Å². The lowest BCUT2D eigenvalue weighted by Gasteiger charge is -2.11. The van der Waals surface area contributed by atoms with E-state index in [1.807, 2.05) is 12.5 Å². The molecule has 1 unspecified atom stereocenters. The SMILES string of the molecule is CCCNC(C)c1sc(-c2cncn2CCC)nc1C. The highest BCUT2D eigenvalue weighted by molar-refractivity contribution is 7.15. The Balaban J connectivity index is 2.24. The molecule has 2 heterocycles. The summed E-state index contributed by atoms with van der Waals surface area (Å²) in [5.41, 5.74) is 2.26. The van der Waals surface area contributed by atoms with Crippen molar-refractivity contribution in [2.24, 2.45) is 0 Å². The van der Waals surface area contributed by atoms with Crippen LogP contribution in [-0.2, 0) is 6.54 Å². The van der Waals surface area contributed by atoms with Gasteiger partial charge in [0.15, 0.2) is 0 Å². The maximum atomic E-state index is 4.74. The fourth-order valence-corrected chi connectivity index (χ4v) is 3.41. The van der Waals surface area contributed by atoms with Gasteiger partial charge in [0.2, 0.25) is 0 Å². The topological polar surface area (TPSA) is 42.7 Å². The molecule has 0 saturated heterocycles. The molecular weight excluding hydrogens is 268 g/mol. The van der Waals surface area contributed by atoms with Crippen molar-refractivity contribution in [2.75, 3.05) is 6.54 Å². The molecule has 0 radical (unpaired) electrons. The molecule has 0 aromatic carbocycles. The van der Waals surface area contributed by atoms with Crippen molar-refractivity contribution < 1.29 is 0 Å². The van der Waals surface area contributed by atoms with Crippen molar-refractivity contribution in [2.45, 2.75) is 53.1 Å². The first-order valence-corrected chi connectivity index (χ1v) is 8.20. The summed E-state index contributed by atoms with van der Waals surface area (Å²) in [6, 6.07) is 0.365. The fourth-order valence-electron chi connectivity index (χ4n) is 2.29. The zero-order chi connectivity index (χ0) is 14.5. The predicted octanol–water partition coefficient (Wildman–Crippen LogP) is 3.79. The van der Waals surface area contributed by atoms with E-state index in [1.54, 1.807) is 11.3 Å². The van der Waals surface area contributed by atoms with Crippen molar-refractivity contribution in [3.8, 4) is 10.7 Å². The van der Waals surface area contributed by atoms with Crippen LogP contribution < -0.4 is 5.32 Å². The van der Waals surface area contributed by atoms with Crippen LogP contribution in [0.5, 0.6) is 0 Å². The molecule has 0 saturated carbocycles. The quantitative estimate of drug-likeness (QED) is 0.844. The van der Waals surface area contributed by atoms with E-state index in [0.29, 0.717) is 6.04 Å². The van der Waals surface area contributed by atoms with E-state index in [-0.39, 0.29) is 0 Å². The van der Waals surface area contributed by atoms with Crippen LogP contribution in [0.2, 0.25) is 0 Å². The number of hydrogen-bond acceptors (Lipinski definition) is 4. The number of aryl methyl sites for hydroxylation is 2. The van der Waals surface area contributed by atoms with Crippen molar-refractivity contribution in [1.29, 1.82) is 0 Å².